The van der Waals surface area contributed by atoms with Gasteiger partial charge in [0.15, 0.2) is 0 Å². The Hall–Kier alpha value is -8.67. The van der Waals surface area contributed by atoms with Gasteiger partial charge in [0, 0.05) is 51.5 Å². The molecule has 0 amide bonds. The lowest BCUT2D eigenvalue weighted by atomic mass is 9.63. The van der Waals surface area contributed by atoms with E-state index in [-0.39, 0.29) is 88.7 Å². The second kappa shape index (κ2) is 21.5. The van der Waals surface area contributed by atoms with Crippen molar-refractivity contribution in [3.8, 4) is 61.8 Å². The largest absolute Gasteiger partial charge is 0.457 e. The maximum Gasteiger partial charge on any atom is 0.137 e. The molecule has 0 saturated carbocycles. The lowest BCUT2D eigenvalue weighted by Gasteiger charge is -2.42. The average molecular weight is 1180 g/mol. The lowest BCUT2D eigenvalue weighted by Crippen LogP contribution is -2.33. The SMILES string of the molecule is [2H]c1c([2H])c([2H])c(-c2cnc(-n3c4ccccc4c4ccc(Oc5cccc(N6CN(c7c(-c8c([2H])c([2H])c(-c9ccc(C(C)(C)C)cc9C(C)(C)C)c([2H])c8[2H])cc(C(C)(C)C)cc7-c7c([2H])c([2H])c8c(c7[2H])C(C)(C)CCC8(C)C)c7ccccc76)c5)cc43)cc2C(C)(C)C)c([2H])c1[2H]. The van der Waals surface area contributed by atoms with Gasteiger partial charge in [0.2, 0.25) is 0 Å². The Bertz CT molecular complexity index is 5230. The minimum Gasteiger partial charge on any atom is -0.457 e. The smallest absolute Gasteiger partial charge is 0.137 e. The van der Waals surface area contributed by atoms with Gasteiger partial charge in [0.25, 0.3) is 0 Å². The molecule has 3 heterocycles. The van der Waals surface area contributed by atoms with E-state index in [0.29, 0.717) is 50.8 Å². The van der Waals surface area contributed by atoms with Gasteiger partial charge >= 0.3 is 0 Å². The minimum absolute atomic E-state index is 0.0643. The summed E-state index contributed by atoms with van der Waals surface area (Å²) < 4.78 is 124. The van der Waals surface area contributed by atoms with Gasteiger partial charge in [-0.3, -0.25) is 4.57 Å². The number of hydrogen-bond donors (Lipinski definition) is 0. The maximum absolute atomic E-state index is 10.6. The van der Waals surface area contributed by atoms with Crippen molar-refractivity contribution in [2.24, 2.45) is 0 Å². The summed E-state index contributed by atoms with van der Waals surface area (Å²) in [6.07, 6.45) is 3.16. The number of fused-ring (bicyclic) bond motifs is 5. The van der Waals surface area contributed by atoms with Gasteiger partial charge in [-0.1, -0.05) is 238 Å². The average Bonchev–Trinajstić information content (AvgIpc) is 1.37. The van der Waals surface area contributed by atoms with Gasteiger partial charge in [-0.05, 0) is 167 Å². The summed E-state index contributed by atoms with van der Waals surface area (Å²) in [6, 6.07) is 39.3. The number of para-hydroxylation sites is 3. The van der Waals surface area contributed by atoms with Gasteiger partial charge in [-0.25, -0.2) is 4.98 Å². The Balaban J connectivity index is 0.982. The van der Waals surface area contributed by atoms with E-state index >= 15 is 0 Å². The molecule has 5 nitrogen and oxygen atoms in total. The van der Waals surface area contributed by atoms with Crippen molar-refractivity contribution in [1.29, 1.82) is 0 Å². The molecular formula is C84H88N4O. The molecule has 0 saturated heterocycles. The molecule has 89 heavy (non-hydrogen) atoms. The van der Waals surface area contributed by atoms with Gasteiger partial charge in [-0.15, -0.1) is 0 Å². The van der Waals surface area contributed by atoms with Crippen molar-refractivity contribution in [2.45, 2.75) is 156 Å². The predicted molar refractivity (Wildman–Crippen MR) is 379 cm³/mol. The fourth-order valence-electron chi connectivity index (χ4n) is 13.1. The first-order valence-electron chi connectivity index (χ1n) is 37.3. The number of nitrogens with zero attached hydrogens (tertiary/aromatic N) is 4. The highest BCUT2D eigenvalue weighted by Gasteiger charge is 2.39. The van der Waals surface area contributed by atoms with Crippen LogP contribution in [0.15, 0.2) is 206 Å². The Kier molecular flexibility index (Phi) is 11.2. The molecule has 0 bridgehead atoms. The van der Waals surface area contributed by atoms with Crippen LogP contribution in [0, 0.1) is 0 Å². The molecular weight excluding hydrogens is 1080 g/mol. The Morgan fingerprint density at radius 3 is 1.70 bits per heavy atom. The highest BCUT2D eigenvalue weighted by Crippen LogP contribution is 2.54. The van der Waals surface area contributed by atoms with Crippen LogP contribution in [0.4, 0.5) is 22.7 Å². The van der Waals surface area contributed by atoms with E-state index in [1.807, 2.05) is 136 Å². The normalized spacial score (nSPS) is 16.9. The van der Waals surface area contributed by atoms with Crippen molar-refractivity contribution in [3.63, 3.8) is 0 Å². The number of hydrogen-bond acceptors (Lipinski definition) is 4. The van der Waals surface area contributed by atoms with Crippen LogP contribution < -0.4 is 14.5 Å². The van der Waals surface area contributed by atoms with E-state index in [1.165, 1.54) is 0 Å². The van der Waals surface area contributed by atoms with Gasteiger partial charge < -0.3 is 14.5 Å². The van der Waals surface area contributed by atoms with Crippen molar-refractivity contribution in [3.05, 3.63) is 239 Å². The number of anilines is 4. The van der Waals surface area contributed by atoms with Gasteiger partial charge in [0.05, 0.1) is 44.5 Å². The van der Waals surface area contributed by atoms with Crippen molar-refractivity contribution in [1.82, 2.24) is 9.55 Å². The fourth-order valence-corrected chi connectivity index (χ4v) is 13.1. The fraction of sp³-hybridized carbons (Fsp3) is 0.298. The molecule has 450 valence electrons. The number of pyridine rings is 1. The third kappa shape index (κ3) is 10.9. The molecule has 0 spiro atoms. The molecule has 0 N–H and O–H groups in total. The van der Waals surface area contributed by atoms with E-state index < -0.39 is 45.2 Å². The quantitative estimate of drug-likeness (QED) is 0.144. The third-order valence-corrected chi connectivity index (χ3v) is 18.4. The topological polar surface area (TPSA) is 33.5 Å². The highest BCUT2D eigenvalue weighted by atomic mass is 16.5. The van der Waals surface area contributed by atoms with Crippen LogP contribution in [0.3, 0.4) is 0 Å². The number of ether oxygens (including phenoxy) is 1. The molecule has 11 aromatic rings. The van der Waals surface area contributed by atoms with Crippen LogP contribution in [0.25, 0.3) is 72.1 Å². The van der Waals surface area contributed by atoms with Crippen LogP contribution in [0.1, 0.15) is 173 Å². The van der Waals surface area contributed by atoms with Crippen molar-refractivity contribution < 1.29 is 21.2 Å². The lowest BCUT2D eigenvalue weighted by molar-refractivity contribution is 0.332. The molecule has 2 aromatic heterocycles. The van der Waals surface area contributed by atoms with Crippen molar-refractivity contribution >= 4 is 44.6 Å². The van der Waals surface area contributed by atoms with E-state index in [9.17, 15) is 9.60 Å². The molecule has 0 radical (unpaired) electrons. The van der Waals surface area contributed by atoms with E-state index in [4.69, 9.17) is 16.6 Å². The third-order valence-electron chi connectivity index (χ3n) is 18.4. The Morgan fingerprint density at radius 2 is 1.02 bits per heavy atom. The van der Waals surface area contributed by atoms with Crippen LogP contribution in [-0.2, 0) is 32.5 Å². The van der Waals surface area contributed by atoms with Crippen LogP contribution in [-0.4, -0.2) is 16.2 Å². The molecule has 5 heteroatoms. The Labute approximate surface area is 546 Å². The predicted octanol–water partition coefficient (Wildman–Crippen LogP) is 23.4. The zero-order valence-corrected chi connectivity index (χ0v) is 54.5. The highest BCUT2D eigenvalue weighted by molar-refractivity contribution is 6.09. The summed E-state index contributed by atoms with van der Waals surface area (Å²) in [5, 5.41) is 1.92. The van der Waals surface area contributed by atoms with Crippen LogP contribution >= 0.6 is 0 Å². The Morgan fingerprint density at radius 1 is 0.449 bits per heavy atom. The summed E-state index contributed by atoms with van der Waals surface area (Å²) in [5.41, 5.74) is 9.24. The first-order chi connectivity index (χ1) is 47.1. The van der Waals surface area contributed by atoms with Crippen LogP contribution in [0.5, 0.6) is 11.5 Å². The summed E-state index contributed by atoms with van der Waals surface area (Å²) in [4.78, 5) is 9.29. The molecule has 1 aliphatic carbocycles. The van der Waals surface area contributed by atoms with Gasteiger partial charge in [0.1, 0.15) is 24.0 Å². The first kappa shape index (κ1) is 46.4. The molecule has 2 aliphatic rings. The number of rotatable bonds is 9. The van der Waals surface area contributed by atoms with E-state index in [2.05, 4.69) is 117 Å². The van der Waals surface area contributed by atoms with Gasteiger partial charge in [-0.2, -0.15) is 0 Å². The summed E-state index contributed by atoms with van der Waals surface area (Å²) in [6.45, 7) is 33.7. The summed E-state index contributed by atoms with van der Waals surface area (Å²) in [5.74, 6) is 1.63. The van der Waals surface area contributed by atoms with E-state index in [1.54, 1.807) is 6.20 Å². The molecule has 0 unspecified atom stereocenters. The molecule has 0 fully saturated rings. The zero-order valence-electron chi connectivity index (χ0n) is 66.5. The van der Waals surface area contributed by atoms with Crippen LogP contribution in [0.2, 0.25) is 0 Å². The molecule has 13 rings (SSSR count). The maximum atomic E-state index is 10.6. The zero-order chi connectivity index (χ0) is 73.2. The molecule has 0 atom stereocenters. The summed E-state index contributed by atoms with van der Waals surface area (Å²) in [7, 11) is 0. The molecule has 1 aliphatic heterocycles. The number of benzene rings is 9. The summed E-state index contributed by atoms with van der Waals surface area (Å²) >= 11 is 0. The molecule has 9 aromatic carbocycles. The monoisotopic (exact) mass is 1180 g/mol. The van der Waals surface area contributed by atoms with E-state index in [0.717, 1.165) is 79.5 Å². The van der Waals surface area contributed by atoms with Crippen molar-refractivity contribution in [2.75, 3.05) is 16.5 Å². The second-order valence-corrected chi connectivity index (χ2v) is 29.9. The second-order valence-electron chi connectivity index (χ2n) is 29.9. The number of aromatic nitrogens is 2. The standard InChI is InChI=1S/C84H88N4O/c1-79(2,3)58-38-40-63(70(48-58)81(7,8)9)55-33-35-56(36-34-55)66-46-59(80(4,5)6)47-67(57-37-42-69-72(45-57)84(15,16)44-43-83(69,13)14)78(66)87-53-86(74-31-22-23-32-75(74)87)60-27-24-28-61(49-60)89-62-39-41-65-64-29-20-21-30-73(64)88(76(65)50-62)77-51-71(82(10,11)12)68(52-85-77)54-25-18-17-19-26-54/h17-42,45-52H,43-44,53H2,1-16H3/i17D,18D,19D,25D,26D,33D,34D,35D,36D,37D,42D,45D. The minimum atomic E-state index is -0.588. The first-order valence-corrected chi connectivity index (χ1v) is 31.3.